The van der Waals surface area contributed by atoms with E-state index < -0.39 is 0 Å². The van der Waals surface area contributed by atoms with Crippen LogP contribution in [-0.2, 0) is 17.8 Å². The van der Waals surface area contributed by atoms with Gasteiger partial charge in [0.1, 0.15) is 0 Å². The maximum absolute atomic E-state index is 13.2. The molecular weight excluding hydrogens is 390 g/mol. The minimum atomic E-state index is -0.0433. The molecular formula is C24H33N5O2. The molecule has 2 atom stereocenters. The molecule has 1 fully saturated rings. The van der Waals surface area contributed by atoms with Crippen molar-refractivity contribution in [3.8, 4) is 0 Å². The monoisotopic (exact) mass is 423 g/mol. The number of fused-ring (bicyclic) bond motifs is 2. The molecule has 4 heterocycles. The Balaban J connectivity index is 1.41. The van der Waals surface area contributed by atoms with Crippen molar-refractivity contribution in [1.82, 2.24) is 24.4 Å². The summed E-state index contributed by atoms with van der Waals surface area (Å²) >= 11 is 0. The standard InChI is InChI=1S/C24H33N5O2/c1-16(2)23(30)28-12-10-18-20(15-28)25-22-13-19(26-29(22)24(18)31)21-9-6-11-27(21)14-17-7-4-3-5-8-17/h3-4,13,16-17,21,26H,5-12,14-15H2,1-2H3/t17-,21-/m1/s1. The lowest BCUT2D eigenvalue weighted by molar-refractivity contribution is -0.135. The number of H-pyrrole nitrogens is 1. The highest BCUT2D eigenvalue weighted by molar-refractivity contribution is 5.78. The van der Waals surface area contributed by atoms with Gasteiger partial charge in [-0.2, -0.15) is 0 Å². The fourth-order valence-electron chi connectivity index (χ4n) is 5.49. The van der Waals surface area contributed by atoms with Gasteiger partial charge in [-0.1, -0.05) is 26.0 Å². The van der Waals surface area contributed by atoms with E-state index in [4.69, 9.17) is 4.98 Å². The molecule has 0 aromatic carbocycles. The first-order valence-corrected chi connectivity index (χ1v) is 11.8. The minimum absolute atomic E-state index is 0.00939. The van der Waals surface area contributed by atoms with E-state index in [1.807, 2.05) is 18.7 Å². The third-order valence-corrected chi connectivity index (χ3v) is 7.18. The molecule has 0 saturated carbocycles. The van der Waals surface area contributed by atoms with Crippen molar-refractivity contribution in [2.45, 2.75) is 65.0 Å². The molecule has 2 aromatic heterocycles. The number of aromatic amines is 1. The second kappa shape index (κ2) is 8.26. The molecule has 31 heavy (non-hydrogen) atoms. The zero-order valence-corrected chi connectivity index (χ0v) is 18.6. The van der Waals surface area contributed by atoms with Gasteiger partial charge in [-0.15, -0.1) is 0 Å². The Morgan fingerprint density at radius 3 is 2.90 bits per heavy atom. The van der Waals surface area contributed by atoms with E-state index in [0.29, 0.717) is 31.2 Å². The van der Waals surface area contributed by atoms with Crippen LogP contribution >= 0.6 is 0 Å². The number of nitrogens with zero attached hydrogens (tertiary/aromatic N) is 4. The molecule has 2 aliphatic heterocycles. The van der Waals surface area contributed by atoms with Crippen LogP contribution in [0.15, 0.2) is 23.0 Å². The molecule has 0 radical (unpaired) electrons. The van der Waals surface area contributed by atoms with Crippen LogP contribution in [0.1, 0.15) is 68.9 Å². The number of likely N-dealkylation sites (tertiary alicyclic amines) is 1. The van der Waals surface area contributed by atoms with Crippen LogP contribution in [0.2, 0.25) is 0 Å². The zero-order valence-electron chi connectivity index (χ0n) is 18.6. The number of rotatable bonds is 4. The third kappa shape index (κ3) is 3.84. The van der Waals surface area contributed by atoms with Crippen molar-refractivity contribution < 1.29 is 4.79 Å². The lowest BCUT2D eigenvalue weighted by atomic mass is 9.93. The van der Waals surface area contributed by atoms with Crippen molar-refractivity contribution in [1.29, 1.82) is 0 Å². The van der Waals surface area contributed by atoms with Gasteiger partial charge in [0.2, 0.25) is 5.91 Å². The smallest absolute Gasteiger partial charge is 0.276 e. The number of nitrogens with one attached hydrogen (secondary N) is 1. The van der Waals surface area contributed by atoms with E-state index in [9.17, 15) is 9.59 Å². The second-order valence-electron chi connectivity index (χ2n) is 9.72. The average molecular weight is 424 g/mol. The molecule has 5 rings (SSSR count). The molecule has 1 amide bonds. The molecule has 0 spiro atoms. The minimum Gasteiger partial charge on any atom is -0.336 e. The Morgan fingerprint density at radius 1 is 1.26 bits per heavy atom. The van der Waals surface area contributed by atoms with Crippen molar-refractivity contribution in [2.75, 3.05) is 19.6 Å². The Morgan fingerprint density at radius 2 is 2.13 bits per heavy atom. The van der Waals surface area contributed by atoms with E-state index in [-0.39, 0.29) is 17.4 Å². The van der Waals surface area contributed by atoms with E-state index in [2.05, 4.69) is 28.2 Å². The number of aromatic nitrogens is 3. The van der Waals surface area contributed by atoms with Gasteiger partial charge < -0.3 is 4.90 Å². The lowest BCUT2D eigenvalue weighted by Gasteiger charge is -2.29. The van der Waals surface area contributed by atoms with E-state index >= 15 is 0 Å². The summed E-state index contributed by atoms with van der Waals surface area (Å²) in [6.45, 7) is 7.09. The number of amides is 1. The van der Waals surface area contributed by atoms with Crippen LogP contribution in [0.3, 0.4) is 0 Å². The fourth-order valence-corrected chi connectivity index (χ4v) is 5.49. The summed E-state index contributed by atoms with van der Waals surface area (Å²) in [4.78, 5) is 34.8. The van der Waals surface area contributed by atoms with Crippen molar-refractivity contribution in [3.05, 3.63) is 45.5 Å². The van der Waals surface area contributed by atoms with E-state index in [1.54, 1.807) is 4.52 Å². The van der Waals surface area contributed by atoms with E-state index in [1.165, 1.54) is 25.7 Å². The van der Waals surface area contributed by atoms with E-state index in [0.717, 1.165) is 42.4 Å². The third-order valence-electron chi connectivity index (χ3n) is 7.18. The number of hydrogen-bond acceptors (Lipinski definition) is 4. The summed E-state index contributed by atoms with van der Waals surface area (Å²) in [5.41, 5.74) is 3.25. The molecule has 1 saturated heterocycles. The first-order chi connectivity index (χ1) is 15.0. The first kappa shape index (κ1) is 20.5. The predicted molar refractivity (Wildman–Crippen MR) is 120 cm³/mol. The molecule has 1 N–H and O–H groups in total. The molecule has 2 aromatic rings. The maximum atomic E-state index is 13.2. The van der Waals surface area contributed by atoms with Crippen LogP contribution in [0, 0.1) is 11.8 Å². The summed E-state index contributed by atoms with van der Waals surface area (Å²) in [5.74, 6) is 0.812. The highest BCUT2D eigenvalue weighted by atomic mass is 16.2. The largest absolute Gasteiger partial charge is 0.336 e. The van der Waals surface area contributed by atoms with Crippen LogP contribution in [0.5, 0.6) is 0 Å². The van der Waals surface area contributed by atoms with Gasteiger partial charge in [-0.05, 0) is 51.0 Å². The van der Waals surface area contributed by atoms with Gasteiger partial charge in [0, 0.05) is 30.6 Å². The maximum Gasteiger partial charge on any atom is 0.276 e. The quantitative estimate of drug-likeness (QED) is 0.767. The molecule has 0 bridgehead atoms. The molecule has 166 valence electrons. The Labute approximate surface area is 183 Å². The van der Waals surface area contributed by atoms with Crippen LogP contribution < -0.4 is 5.56 Å². The van der Waals surface area contributed by atoms with Crippen molar-refractivity contribution in [3.63, 3.8) is 0 Å². The van der Waals surface area contributed by atoms with Crippen LogP contribution in [0.25, 0.3) is 5.65 Å². The molecule has 7 heteroatoms. The van der Waals surface area contributed by atoms with Gasteiger partial charge in [0.15, 0.2) is 5.65 Å². The van der Waals surface area contributed by atoms with Crippen LogP contribution in [0.4, 0.5) is 0 Å². The van der Waals surface area contributed by atoms with Gasteiger partial charge in [0.25, 0.3) is 5.56 Å². The molecule has 0 unspecified atom stereocenters. The van der Waals surface area contributed by atoms with Gasteiger partial charge in [-0.3, -0.25) is 19.6 Å². The topological polar surface area (TPSA) is 73.7 Å². The number of allylic oxidation sites excluding steroid dienone is 2. The Kier molecular flexibility index (Phi) is 5.46. The molecule has 7 nitrogen and oxygen atoms in total. The van der Waals surface area contributed by atoms with Gasteiger partial charge in [0.05, 0.1) is 24.0 Å². The van der Waals surface area contributed by atoms with Crippen molar-refractivity contribution >= 4 is 11.6 Å². The van der Waals surface area contributed by atoms with Crippen LogP contribution in [-0.4, -0.2) is 49.9 Å². The summed E-state index contributed by atoms with van der Waals surface area (Å²) in [5, 5.41) is 3.38. The predicted octanol–water partition coefficient (Wildman–Crippen LogP) is 3.06. The number of carbonyl (C=O) groups is 1. The highest BCUT2D eigenvalue weighted by Crippen LogP contribution is 2.33. The summed E-state index contributed by atoms with van der Waals surface area (Å²) < 4.78 is 1.62. The Hall–Kier alpha value is -2.41. The van der Waals surface area contributed by atoms with Gasteiger partial charge in [-0.25, -0.2) is 9.50 Å². The normalized spacial score (nSPS) is 24.3. The van der Waals surface area contributed by atoms with Crippen molar-refractivity contribution in [2.24, 2.45) is 11.8 Å². The first-order valence-electron chi connectivity index (χ1n) is 11.8. The number of hydrogen-bond donors (Lipinski definition) is 1. The zero-order chi connectivity index (χ0) is 21.5. The molecule has 3 aliphatic rings. The fraction of sp³-hybridized carbons (Fsp3) is 0.625. The van der Waals surface area contributed by atoms with Gasteiger partial charge >= 0.3 is 0 Å². The average Bonchev–Trinajstić information content (AvgIpc) is 3.40. The lowest BCUT2D eigenvalue weighted by Crippen LogP contribution is -2.41. The summed E-state index contributed by atoms with van der Waals surface area (Å²) in [7, 11) is 0. The summed E-state index contributed by atoms with van der Waals surface area (Å²) in [6.07, 6.45) is 11.1. The highest BCUT2D eigenvalue weighted by Gasteiger charge is 2.31. The molecule has 1 aliphatic carbocycles. The summed E-state index contributed by atoms with van der Waals surface area (Å²) in [6, 6.07) is 2.37. The second-order valence-corrected chi connectivity index (χ2v) is 9.72. The Bertz CT molecular complexity index is 1070. The SMILES string of the molecule is CC(C)C(=O)N1CCc2c(nc3cc([C@H]4CCCN4C[C@@H]4CC=CCC4)[nH]n3c2=O)C1. The number of carbonyl (C=O) groups excluding carboxylic acids is 1.